The second kappa shape index (κ2) is 12.0. The highest BCUT2D eigenvalue weighted by Crippen LogP contribution is 2.45. The van der Waals surface area contributed by atoms with Gasteiger partial charge in [-0.1, -0.05) is 23.2 Å². The van der Waals surface area contributed by atoms with Gasteiger partial charge in [0.15, 0.2) is 0 Å². The molecule has 1 aliphatic heterocycles. The van der Waals surface area contributed by atoms with E-state index in [1.807, 2.05) is 30.3 Å². The molecule has 1 aliphatic rings. The normalized spacial score (nSPS) is 15.1. The predicted molar refractivity (Wildman–Crippen MR) is 159 cm³/mol. The number of likely N-dealkylation sites (tertiary alicyclic amines) is 1. The molecule has 0 bridgehead atoms. The Morgan fingerprint density at radius 1 is 0.975 bits per heavy atom. The molecule has 0 spiro atoms. The lowest BCUT2D eigenvalue weighted by atomic mass is 10.1. The summed E-state index contributed by atoms with van der Waals surface area (Å²) >= 11 is 13.1. The monoisotopic (exact) mass is 581 g/mol. The van der Waals surface area contributed by atoms with Crippen LogP contribution in [0.25, 0.3) is 11.3 Å². The minimum Gasteiger partial charge on any atom is -0.495 e. The number of benzene rings is 2. The van der Waals surface area contributed by atoms with Crippen molar-refractivity contribution < 1.29 is 14.2 Å². The molecule has 3 heterocycles. The summed E-state index contributed by atoms with van der Waals surface area (Å²) in [5.74, 6) is 2.58. The summed E-state index contributed by atoms with van der Waals surface area (Å²) in [7, 11) is 5.12. The highest BCUT2D eigenvalue weighted by Gasteiger charge is 2.22. The zero-order valence-electron chi connectivity index (χ0n) is 22.2. The van der Waals surface area contributed by atoms with Crippen molar-refractivity contribution in [3.8, 4) is 28.5 Å². The quantitative estimate of drug-likeness (QED) is 0.202. The number of pyridine rings is 1. The van der Waals surface area contributed by atoms with Crippen molar-refractivity contribution in [2.75, 3.05) is 50.7 Å². The lowest BCUT2D eigenvalue weighted by Gasteiger charge is -2.17. The molecule has 1 saturated heterocycles. The standard InChI is InChI=1S/C28H29Cl2N7O3/c1-37-10-8-17(14-37)40-16-6-7-20(19(31)11-16)35-24-12-21(33-15-34-24)18-5-4-9-32-28(18)36-27-25(29)22(38-2)13-23(39-3)26(27)30/h4-7,9,11-13,15,17H,8,10,14,31H2,1-3H3,(H,32,36)(H,33,34,35). The predicted octanol–water partition coefficient (Wildman–Crippen LogP) is 6.01. The number of likely N-dealkylation sites (N-methyl/N-ethyl adjacent to an activating group) is 1. The molecule has 10 nitrogen and oxygen atoms in total. The number of ether oxygens (including phenoxy) is 3. The number of anilines is 5. The van der Waals surface area contributed by atoms with E-state index in [0.717, 1.165) is 25.3 Å². The molecule has 5 rings (SSSR count). The third kappa shape index (κ3) is 5.94. The molecule has 4 aromatic rings. The van der Waals surface area contributed by atoms with Crippen LogP contribution in [-0.2, 0) is 0 Å². The summed E-state index contributed by atoms with van der Waals surface area (Å²) in [5.41, 5.74) is 9.29. The van der Waals surface area contributed by atoms with Gasteiger partial charge in [-0.3, -0.25) is 0 Å². The zero-order valence-corrected chi connectivity index (χ0v) is 23.8. The Morgan fingerprint density at radius 2 is 1.75 bits per heavy atom. The lowest BCUT2D eigenvalue weighted by molar-refractivity contribution is 0.208. The smallest absolute Gasteiger partial charge is 0.143 e. The van der Waals surface area contributed by atoms with Crippen molar-refractivity contribution in [2.24, 2.45) is 0 Å². The number of aromatic nitrogens is 3. The molecule has 1 fully saturated rings. The van der Waals surface area contributed by atoms with Crippen LogP contribution in [-0.4, -0.2) is 60.3 Å². The summed E-state index contributed by atoms with van der Waals surface area (Å²) in [4.78, 5) is 15.6. The average molecular weight is 582 g/mol. The fraction of sp³-hybridized carbons (Fsp3) is 0.250. The minimum atomic E-state index is 0.165. The largest absolute Gasteiger partial charge is 0.495 e. The molecular formula is C28H29Cl2N7O3. The number of nitrogens with one attached hydrogen (secondary N) is 2. The molecule has 1 unspecified atom stereocenters. The van der Waals surface area contributed by atoms with E-state index in [1.54, 1.807) is 18.3 Å². The van der Waals surface area contributed by atoms with Crippen LogP contribution in [0.1, 0.15) is 6.42 Å². The first-order valence-corrected chi connectivity index (χ1v) is 13.3. The second-order valence-corrected chi connectivity index (χ2v) is 10.0. The number of hydrogen-bond acceptors (Lipinski definition) is 10. The van der Waals surface area contributed by atoms with Gasteiger partial charge in [-0.05, 0) is 37.7 Å². The van der Waals surface area contributed by atoms with Crippen LogP contribution in [0.15, 0.2) is 55.0 Å². The summed E-state index contributed by atoms with van der Waals surface area (Å²) in [6.07, 6.45) is 4.28. The van der Waals surface area contributed by atoms with Crippen LogP contribution in [0.3, 0.4) is 0 Å². The van der Waals surface area contributed by atoms with Gasteiger partial charge in [0.1, 0.15) is 51.4 Å². The van der Waals surface area contributed by atoms with Gasteiger partial charge in [-0.25, -0.2) is 15.0 Å². The van der Waals surface area contributed by atoms with Crippen molar-refractivity contribution >= 4 is 51.9 Å². The average Bonchev–Trinajstić information content (AvgIpc) is 3.37. The molecule has 0 amide bonds. The molecule has 40 heavy (non-hydrogen) atoms. The Hall–Kier alpha value is -3.99. The van der Waals surface area contributed by atoms with Gasteiger partial charge >= 0.3 is 0 Å². The van der Waals surface area contributed by atoms with Crippen LogP contribution in [0.2, 0.25) is 10.0 Å². The number of hydrogen-bond donors (Lipinski definition) is 3. The van der Waals surface area contributed by atoms with E-state index in [0.29, 0.717) is 51.5 Å². The molecule has 0 saturated carbocycles. The second-order valence-electron chi connectivity index (χ2n) is 9.26. The van der Waals surface area contributed by atoms with Crippen molar-refractivity contribution in [3.63, 3.8) is 0 Å². The molecule has 2 aromatic carbocycles. The highest BCUT2D eigenvalue weighted by atomic mass is 35.5. The Balaban J connectivity index is 1.39. The Bertz CT molecular complexity index is 1490. The first-order valence-electron chi connectivity index (χ1n) is 12.5. The van der Waals surface area contributed by atoms with Gasteiger partial charge in [-0.15, -0.1) is 0 Å². The van der Waals surface area contributed by atoms with Gasteiger partial charge in [0.25, 0.3) is 0 Å². The summed E-state index contributed by atoms with van der Waals surface area (Å²) in [6.45, 7) is 1.93. The van der Waals surface area contributed by atoms with Crippen LogP contribution in [0, 0.1) is 0 Å². The van der Waals surface area contributed by atoms with Crippen LogP contribution in [0.4, 0.5) is 28.7 Å². The van der Waals surface area contributed by atoms with Crippen molar-refractivity contribution in [2.45, 2.75) is 12.5 Å². The lowest BCUT2D eigenvalue weighted by Crippen LogP contribution is -2.21. The first-order chi connectivity index (χ1) is 19.4. The van der Waals surface area contributed by atoms with Gasteiger partial charge in [0.2, 0.25) is 0 Å². The Kier molecular flexibility index (Phi) is 8.29. The maximum Gasteiger partial charge on any atom is 0.143 e. The van der Waals surface area contributed by atoms with Crippen molar-refractivity contribution in [1.29, 1.82) is 0 Å². The van der Waals surface area contributed by atoms with Gasteiger partial charge in [0, 0.05) is 43.0 Å². The molecular weight excluding hydrogens is 553 g/mol. The SMILES string of the molecule is COc1cc(OC)c(Cl)c(Nc2ncccc2-c2cc(Nc3ccc(OC4CCN(C)C4)cc3N)ncn2)c1Cl. The van der Waals surface area contributed by atoms with E-state index in [9.17, 15) is 0 Å². The fourth-order valence-electron chi connectivity index (χ4n) is 4.45. The molecule has 12 heteroatoms. The van der Waals surface area contributed by atoms with Gasteiger partial charge < -0.3 is 35.5 Å². The summed E-state index contributed by atoms with van der Waals surface area (Å²) in [6, 6.07) is 12.7. The maximum atomic E-state index is 6.57. The first kappa shape index (κ1) is 27.6. The third-order valence-electron chi connectivity index (χ3n) is 6.50. The number of rotatable bonds is 9. The van der Waals surface area contributed by atoms with E-state index >= 15 is 0 Å². The number of nitrogen functional groups attached to an aromatic ring is 1. The number of halogens is 2. The molecule has 0 aliphatic carbocycles. The van der Waals surface area contributed by atoms with E-state index in [4.69, 9.17) is 43.1 Å². The molecule has 4 N–H and O–H groups in total. The topological polar surface area (TPSA) is 120 Å². The fourth-order valence-corrected chi connectivity index (χ4v) is 5.04. The van der Waals surface area contributed by atoms with Gasteiger partial charge in [-0.2, -0.15) is 0 Å². The number of nitrogens with zero attached hydrogens (tertiary/aromatic N) is 4. The molecule has 0 radical (unpaired) electrons. The Labute approximate surface area is 242 Å². The van der Waals surface area contributed by atoms with E-state index in [-0.39, 0.29) is 16.1 Å². The van der Waals surface area contributed by atoms with Crippen LogP contribution >= 0.6 is 23.2 Å². The van der Waals surface area contributed by atoms with E-state index < -0.39 is 0 Å². The van der Waals surface area contributed by atoms with Crippen LogP contribution < -0.4 is 30.6 Å². The van der Waals surface area contributed by atoms with Crippen molar-refractivity contribution in [3.05, 3.63) is 65.0 Å². The number of nitrogens with two attached hydrogens (primary N) is 1. The molecule has 1 atom stereocenters. The van der Waals surface area contributed by atoms with Crippen molar-refractivity contribution in [1.82, 2.24) is 19.9 Å². The van der Waals surface area contributed by atoms with E-state index in [2.05, 4.69) is 37.5 Å². The zero-order chi connectivity index (χ0) is 28.2. The van der Waals surface area contributed by atoms with E-state index in [1.165, 1.54) is 20.5 Å². The minimum absolute atomic E-state index is 0.165. The number of methoxy groups -OCH3 is 2. The molecule has 208 valence electrons. The maximum absolute atomic E-state index is 6.57. The van der Waals surface area contributed by atoms with Crippen LogP contribution in [0.5, 0.6) is 17.2 Å². The summed E-state index contributed by atoms with van der Waals surface area (Å²) in [5, 5.41) is 7.07. The molecule has 2 aromatic heterocycles. The highest BCUT2D eigenvalue weighted by molar-refractivity contribution is 6.41. The summed E-state index contributed by atoms with van der Waals surface area (Å²) < 4.78 is 16.9. The third-order valence-corrected chi connectivity index (χ3v) is 7.25. The van der Waals surface area contributed by atoms with Gasteiger partial charge in [0.05, 0.1) is 37.0 Å². The Morgan fingerprint density at radius 3 is 2.42 bits per heavy atom.